The van der Waals surface area contributed by atoms with Crippen molar-refractivity contribution in [1.29, 1.82) is 0 Å². The number of ether oxygens (including phenoxy) is 1. The van der Waals surface area contributed by atoms with Crippen LogP contribution in [-0.4, -0.2) is 17.6 Å². The van der Waals surface area contributed by atoms with E-state index in [0.717, 1.165) is 11.3 Å². The summed E-state index contributed by atoms with van der Waals surface area (Å²) in [7, 11) is 0. The summed E-state index contributed by atoms with van der Waals surface area (Å²) < 4.78 is 4.75. The van der Waals surface area contributed by atoms with Gasteiger partial charge in [0.2, 0.25) is 0 Å². The number of rotatable bonds is 4. The van der Waals surface area contributed by atoms with Crippen molar-refractivity contribution >= 4 is 39.6 Å². The standard InChI is InChI=1S/C11H11BrClNO2/c1-2-16-11(15)4-3-8-5-9(13)10(6-12)14-7-8/h3-5,7H,2,6H2,1H3/b4-3+. The molecule has 0 spiro atoms. The van der Waals surface area contributed by atoms with E-state index in [0.29, 0.717) is 17.0 Å². The third-order valence-electron chi connectivity index (χ3n) is 1.76. The van der Waals surface area contributed by atoms with Crippen LogP contribution in [0.1, 0.15) is 18.2 Å². The van der Waals surface area contributed by atoms with E-state index in [2.05, 4.69) is 20.9 Å². The lowest BCUT2D eigenvalue weighted by Crippen LogP contribution is -1.98. The van der Waals surface area contributed by atoms with Gasteiger partial charge in [0.15, 0.2) is 0 Å². The molecule has 3 nitrogen and oxygen atoms in total. The first-order chi connectivity index (χ1) is 7.67. The third-order valence-corrected chi connectivity index (χ3v) is 2.62. The summed E-state index contributed by atoms with van der Waals surface area (Å²) in [5.41, 5.74) is 1.54. The quantitative estimate of drug-likeness (QED) is 0.487. The van der Waals surface area contributed by atoms with Crippen molar-refractivity contribution in [2.75, 3.05) is 6.61 Å². The highest BCUT2D eigenvalue weighted by Gasteiger charge is 2.01. The zero-order valence-electron chi connectivity index (χ0n) is 8.74. The van der Waals surface area contributed by atoms with Crippen molar-refractivity contribution in [3.8, 4) is 0 Å². The van der Waals surface area contributed by atoms with Gasteiger partial charge in [-0.1, -0.05) is 27.5 Å². The lowest BCUT2D eigenvalue weighted by Gasteiger charge is -2.00. The van der Waals surface area contributed by atoms with Gasteiger partial charge in [-0.3, -0.25) is 4.98 Å². The van der Waals surface area contributed by atoms with Crippen LogP contribution in [0.2, 0.25) is 5.02 Å². The second kappa shape index (κ2) is 6.66. The van der Waals surface area contributed by atoms with E-state index in [-0.39, 0.29) is 5.97 Å². The summed E-state index contributed by atoms with van der Waals surface area (Å²) in [5, 5.41) is 1.18. The maximum absolute atomic E-state index is 11.1. The highest BCUT2D eigenvalue weighted by atomic mass is 79.9. The second-order valence-corrected chi connectivity index (χ2v) is 3.88. The topological polar surface area (TPSA) is 39.2 Å². The first-order valence-electron chi connectivity index (χ1n) is 4.72. The van der Waals surface area contributed by atoms with Gasteiger partial charge >= 0.3 is 5.97 Å². The van der Waals surface area contributed by atoms with Gasteiger partial charge in [-0.2, -0.15) is 0 Å². The normalized spacial score (nSPS) is 10.7. The van der Waals surface area contributed by atoms with E-state index in [4.69, 9.17) is 16.3 Å². The molecule has 0 fully saturated rings. The average molecular weight is 305 g/mol. The summed E-state index contributed by atoms with van der Waals surface area (Å²) in [5.74, 6) is -0.372. The maximum atomic E-state index is 11.1. The van der Waals surface area contributed by atoms with Gasteiger partial charge in [0.1, 0.15) is 0 Å². The van der Waals surface area contributed by atoms with E-state index in [1.165, 1.54) is 6.08 Å². The van der Waals surface area contributed by atoms with Gasteiger partial charge in [0.05, 0.1) is 17.3 Å². The van der Waals surface area contributed by atoms with E-state index in [1.807, 2.05) is 0 Å². The molecule has 1 rings (SSSR count). The predicted octanol–water partition coefficient (Wildman–Crippen LogP) is 3.21. The fourth-order valence-corrected chi connectivity index (χ4v) is 1.87. The Hall–Kier alpha value is -0.870. The summed E-state index contributed by atoms with van der Waals surface area (Å²) in [6, 6.07) is 1.75. The zero-order chi connectivity index (χ0) is 12.0. The Morgan fingerprint density at radius 2 is 2.44 bits per heavy atom. The molecule has 0 saturated heterocycles. The summed E-state index contributed by atoms with van der Waals surface area (Å²) in [6.45, 7) is 2.12. The molecule has 0 amide bonds. The van der Waals surface area contributed by atoms with Gasteiger partial charge in [-0.05, 0) is 24.6 Å². The van der Waals surface area contributed by atoms with Gasteiger partial charge in [-0.15, -0.1) is 0 Å². The SMILES string of the molecule is CCOC(=O)/C=C/c1cnc(CBr)c(Cl)c1. The largest absolute Gasteiger partial charge is 0.463 e. The first kappa shape index (κ1) is 13.2. The molecule has 5 heteroatoms. The number of carbonyl (C=O) groups is 1. The van der Waals surface area contributed by atoms with Crippen molar-refractivity contribution in [3.63, 3.8) is 0 Å². The molecule has 0 aliphatic heterocycles. The third kappa shape index (κ3) is 3.94. The monoisotopic (exact) mass is 303 g/mol. The molecular weight excluding hydrogens is 293 g/mol. The molecule has 0 bridgehead atoms. The van der Waals surface area contributed by atoms with Crippen molar-refractivity contribution in [2.45, 2.75) is 12.3 Å². The molecule has 0 radical (unpaired) electrons. The van der Waals surface area contributed by atoms with E-state index in [9.17, 15) is 4.79 Å². The Morgan fingerprint density at radius 1 is 1.69 bits per heavy atom. The second-order valence-electron chi connectivity index (χ2n) is 2.92. The minimum atomic E-state index is -0.372. The fourth-order valence-electron chi connectivity index (χ4n) is 1.03. The molecule has 0 atom stereocenters. The Kier molecular flexibility index (Phi) is 5.49. The van der Waals surface area contributed by atoms with E-state index in [1.54, 1.807) is 25.3 Å². The molecule has 0 aromatic carbocycles. The number of pyridine rings is 1. The predicted molar refractivity (Wildman–Crippen MR) is 67.5 cm³/mol. The van der Waals surface area contributed by atoms with Crippen molar-refractivity contribution in [1.82, 2.24) is 4.98 Å². The molecule has 86 valence electrons. The number of halogens is 2. The number of alkyl halides is 1. The molecule has 0 aliphatic rings. The Morgan fingerprint density at radius 3 is 3.00 bits per heavy atom. The van der Waals surface area contributed by atoms with Gasteiger partial charge in [0.25, 0.3) is 0 Å². The highest BCUT2D eigenvalue weighted by Crippen LogP contribution is 2.18. The number of aromatic nitrogens is 1. The zero-order valence-corrected chi connectivity index (χ0v) is 11.1. The smallest absolute Gasteiger partial charge is 0.330 e. The van der Waals surface area contributed by atoms with Crippen LogP contribution >= 0.6 is 27.5 Å². The fraction of sp³-hybridized carbons (Fsp3) is 0.273. The summed E-state index contributed by atoms with van der Waals surface area (Å²) >= 11 is 9.24. The Balaban J connectivity index is 2.75. The lowest BCUT2D eigenvalue weighted by atomic mass is 10.2. The average Bonchev–Trinajstić information content (AvgIpc) is 2.27. The van der Waals surface area contributed by atoms with Gasteiger partial charge < -0.3 is 4.74 Å². The van der Waals surface area contributed by atoms with Crippen LogP contribution < -0.4 is 0 Å². The van der Waals surface area contributed by atoms with Crippen LogP contribution in [0.15, 0.2) is 18.3 Å². The number of carbonyl (C=O) groups excluding carboxylic acids is 1. The van der Waals surface area contributed by atoms with Crippen LogP contribution in [0.5, 0.6) is 0 Å². The minimum absolute atomic E-state index is 0.366. The first-order valence-corrected chi connectivity index (χ1v) is 6.22. The van der Waals surface area contributed by atoms with Crippen LogP contribution in [0.4, 0.5) is 0 Å². The van der Waals surface area contributed by atoms with Gasteiger partial charge in [-0.25, -0.2) is 4.79 Å². The van der Waals surface area contributed by atoms with Crippen molar-refractivity contribution in [2.24, 2.45) is 0 Å². The van der Waals surface area contributed by atoms with E-state index >= 15 is 0 Å². The highest BCUT2D eigenvalue weighted by molar-refractivity contribution is 9.08. The minimum Gasteiger partial charge on any atom is -0.463 e. The summed E-state index contributed by atoms with van der Waals surface area (Å²) in [4.78, 5) is 15.2. The molecule has 1 aromatic rings. The van der Waals surface area contributed by atoms with Crippen LogP contribution in [0, 0.1) is 0 Å². The lowest BCUT2D eigenvalue weighted by molar-refractivity contribution is -0.137. The molecule has 0 aliphatic carbocycles. The number of hydrogen-bond donors (Lipinski definition) is 0. The van der Waals surface area contributed by atoms with Crippen LogP contribution in [0.25, 0.3) is 6.08 Å². The number of hydrogen-bond acceptors (Lipinski definition) is 3. The van der Waals surface area contributed by atoms with Crippen LogP contribution in [-0.2, 0) is 14.9 Å². The Labute approximate surface area is 108 Å². The molecule has 0 N–H and O–H groups in total. The van der Waals surface area contributed by atoms with Crippen molar-refractivity contribution in [3.05, 3.63) is 34.6 Å². The Bertz CT molecular complexity index is 407. The molecule has 1 aromatic heterocycles. The van der Waals surface area contributed by atoms with E-state index < -0.39 is 0 Å². The molecule has 0 saturated carbocycles. The number of esters is 1. The van der Waals surface area contributed by atoms with Crippen molar-refractivity contribution < 1.29 is 9.53 Å². The summed E-state index contributed by atoms with van der Waals surface area (Å²) in [6.07, 6.45) is 4.62. The molecular formula is C11H11BrClNO2. The maximum Gasteiger partial charge on any atom is 0.330 e. The number of nitrogens with zero attached hydrogens (tertiary/aromatic N) is 1. The molecule has 16 heavy (non-hydrogen) atoms. The molecule has 0 unspecified atom stereocenters. The van der Waals surface area contributed by atoms with Crippen LogP contribution in [0.3, 0.4) is 0 Å². The van der Waals surface area contributed by atoms with Gasteiger partial charge in [0, 0.05) is 17.6 Å². The molecule has 1 heterocycles.